The Balaban J connectivity index is 2.12. The molecule has 30 heavy (non-hydrogen) atoms. The molecule has 1 heterocycles. The van der Waals surface area contributed by atoms with Crippen LogP contribution in [0, 0.1) is 0 Å². The van der Waals surface area contributed by atoms with Crippen molar-refractivity contribution in [3.8, 4) is 0 Å². The van der Waals surface area contributed by atoms with E-state index in [2.05, 4.69) is 15.9 Å². The van der Waals surface area contributed by atoms with E-state index < -0.39 is 20.2 Å². The summed E-state index contributed by atoms with van der Waals surface area (Å²) in [6.45, 7) is -0.0175. The van der Waals surface area contributed by atoms with Gasteiger partial charge in [0.05, 0.1) is 25.7 Å². The molecular formula is C20H21BrO6S3. The Labute approximate surface area is 190 Å². The van der Waals surface area contributed by atoms with Gasteiger partial charge < -0.3 is 0 Å². The first kappa shape index (κ1) is 23.5. The minimum atomic E-state index is -3.57. The molecule has 0 bridgehead atoms. The first-order chi connectivity index (χ1) is 14.0. The number of hydrogen-bond acceptors (Lipinski definition) is 7. The van der Waals surface area contributed by atoms with Gasteiger partial charge in [0.15, 0.2) is 0 Å². The molecule has 0 radical (unpaired) electrons. The van der Waals surface area contributed by atoms with Crippen molar-refractivity contribution >= 4 is 59.1 Å². The van der Waals surface area contributed by atoms with Crippen LogP contribution in [0.25, 0.3) is 11.1 Å². The van der Waals surface area contributed by atoms with E-state index in [1.54, 1.807) is 11.8 Å². The summed E-state index contributed by atoms with van der Waals surface area (Å²) < 4.78 is 56.7. The van der Waals surface area contributed by atoms with E-state index in [0.717, 1.165) is 49.0 Å². The Morgan fingerprint density at radius 3 is 1.93 bits per heavy atom. The van der Waals surface area contributed by atoms with Crippen LogP contribution in [0.15, 0.2) is 56.7 Å². The van der Waals surface area contributed by atoms with Crippen molar-refractivity contribution in [1.82, 2.24) is 0 Å². The van der Waals surface area contributed by atoms with Crippen molar-refractivity contribution in [1.29, 1.82) is 0 Å². The second-order valence-electron chi connectivity index (χ2n) is 6.75. The highest BCUT2D eigenvalue weighted by molar-refractivity contribution is 9.10. The Morgan fingerprint density at radius 2 is 1.33 bits per heavy atom. The monoisotopic (exact) mass is 532 g/mol. The van der Waals surface area contributed by atoms with Gasteiger partial charge in [-0.3, -0.25) is 8.37 Å². The van der Waals surface area contributed by atoms with Crippen LogP contribution in [0.2, 0.25) is 0 Å². The van der Waals surface area contributed by atoms with Crippen molar-refractivity contribution in [2.45, 2.75) is 22.6 Å². The molecule has 0 unspecified atom stereocenters. The van der Waals surface area contributed by atoms with E-state index in [4.69, 9.17) is 8.37 Å². The Hall–Kier alpha value is -1.17. The molecule has 1 aliphatic heterocycles. The molecule has 2 aromatic carbocycles. The zero-order chi connectivity index (χ0) is 21.9. The summed E-state index contributed by atoms with van der Waals surface area (Å²) in [5.74, 6) is 0. The molecule has 0 N–H and O–H groups in total. The quantitative estimate of drug-likeness (QED) is 0.460. The molecule has 162 valence electrons. The molecule has 0 atom stereocenters. The summed E-state index contributed by atoms with van der Waals surface area (Å²) in [6.07, 6.45) is 2.74. The third kappa shape index (κ3) is 6.41. The zero-order valence-electron chi connectivity index (χ0n) is 16.4. The predicted molar refractivity (Wildman–Crippen MR) is 122 cm³/mol. The van der Waals surface area contributed by atoms with Crippen LogP contribution in [-0.4, -0.2) is 42.6 Å². The number of rotatable bonds is 8. The maximum Gasteiger partial charge on any atom is 0.264 e. The van der Waals surface area contributed by atoms with Crippen LogP contribution in [0.3, 0.4) is 0 Å². The average Bonchev–Trinajstić information content (AvgIpc) is 2.75. The molecular weight excluding hydrogens is 512 g/mol. The topological polar surface area (TPSA) is 86.7 Å². The Kier molecular flexibility index (Phi) is 7.47. The van der Waals surface area contributed by atoms with Gasteiger partial charge in [0, 0.05) is 14.3 Å². The highest BCUT2D eigenvalue weighted by Crippen LogP contribution is 2.46. The summed E-state index contributed by atoms with van der Waals surface area (Å²) in [7, 11) is -7.15. The van der Waals surface area contributed by atoms with Crippen molar-refractivity contribution in [2.75, 3.05) is 25.7 Å². The molecule has 0 amide bonds. The van der Waals surface area contributed by atoms with Crippen molar-refractivity contribution in [3.63, 3.8) is 0 Å². The van der Waals surface area contributed by atoms with Gasteiger partial charge in [-0.1, -0.05) is 45.9 Å². The highest BCUT2D eigenvalue weighted by atomic mass is 79.9. The summed E-state index contributed by atoms with van der Waals surface area (Å²) in [5.41, 5.74) is 3.75. The van der Waals surface area contributed by atoms with E-state index >= 15 is 0 Å². The lowest BCUT2D eigenvalue weighted by atomic mass is 9.91. The number of halogens is 1. The van der Waals surface area contributed by atoms with Gasteiger partial charge in [0.2, 0.25) is 0 Å². The fourth-order valence-corrected chi connectivity index (χ4v) is 5.48. The van der Waals surface area contributed by atoms with Gasteiger partial charge in [-0.05, 0) is 59.4 Å². The third-order valence-corrected chi connectivity index (χ3v) is 7.20. The Morgan fingerprint density at radius 1 is 0.800 bits per heavy atom. The van der Waals surface area contributed by atoms with E-state index in [-0.39, 0.29) is 13.2 Å². The fraction of sp³-hybridized carbons (Fsp3) is 0.300. The first-order valence-electron chi connectivity index (χ1n) is 9.01. The molecule has 0 saturated carbocycles. The molecule has 10 heteroatoms. The van der Waals surface area contributed by atoms with Gasteiger partial charge in [-0.15, -0.1) is 0 Å². The molecule has 0 saturated heterocycles. The van der Waals surface area contributed by atoms with Crippen LogP contribution in [0.4, 0.5) is 0 Å². The van der Waals surface area contributed by atoms with Gasteiger partial charge in [0.25, 0.3) is 20.2 Å². The van der Waals surface area contributed by atoms with Crippen LogP contribution in [0.5, 0.6) is 0 Å². The standard InChI is InChI=1S/C20H21BrO6S3/c1-29(22,23)26-11-9-15-16(10-12-27-30(2,24)25)18-13-14(21)7-8-20(18)28-19-6-4-3-5-17(15)19/h3-8,13H,9-12H2,1-2H3. The normalized spacial score (nSPS) is 14.2. The fourth-order valence-electron chi connectivity index (χ4n) is 3.24. The van der Waals surface area contributed by atoms with E-state index in [9.17, 15) is 16.8 Å². The molecule has 0 aromatic heterocycles. The van der Waals surface area contributed by atoms with E-state index in [1.807, 2.05) is 42.5 Å². The van der Waals surface area contributed by atoms with Crippen LogP contribution >= 0.6 is 27.7 Å². The van der Waals surface area contributed by atoms with Gasteiger partial charge >= 0.3 is 0 Å². The van der Waals surface area contributed by atoms with Crippen molar-refractivity contribution in [3.05, 3.63) is 58.1 Å². The summed E-state index contributed by atoms with van der Waals surface area (Å²) in [4.78, 5) is 2.06. The molecule has 3 rings (SSSR count). The molecule has 2 aromatic rings. The lowest BCUT2D eigenvalue weighted by molar-refractivity contribution is 0.327. The molecule has 1 aliphatic rings. The largest absolute Gasteiger partial charge is 0.270 e. The first-order valence-corrected chi connectivity index (χ1v) is 14.3. The predicted octanol–water partition coefficient (Wildman–Crippen LogP) is 4.56. The second-order valence-corrected chi connectivity index (χ2v) is 12.0. The van der Waals surface area contributed by atoms with Crippen molar-refractivity contribution < 1.29 is 25.2 Å². The molecule has 0 fully saturated rings. The van der Waals surface area contributed by atoms with Crippen LogP contribution in [-0.2, 0) is 28.6 Å². The molecule has 0 spiro atoms. The van der Waals surface area contributed by atoms with E-state index in [1.165, 1.54) is 0 Å². The number of benzene rings is 2. The molecule has 6 nitrogen and oxygen atoms in total. The maximum atomic E-state index is 11.5. The van der Waals surface area contributed by atoms with Gasteiger partial charge in [0.1, 0.15) is 0 Å². The molecule has 0 aliphatic carbocycles. The smallest absolute Gasteiger partial charge is 0.264 e. The number of hydrogen-bond donors (Lipinski definition) is 0. The van der Waals surface area contributed by atoms with Crippen LogP contribution < -0.4 is 0 Å². The van der Waals surface area contributed by atoms with Crippen LogP contribution in [0.1, 0.15) is 24.0 Å². The summed E-state index contributed by atoms with van der Waals surface area (Å²) >= 11 is 5.13. The summed E-state index contributed by atoms with van der Waals surface area (Å²) in [6, 6.07) is 13.8. The van der Waals surface area contributed by atoms with E-state index in [0.29, 0.717) is 12.8 Å². The number of fused-ring (bicyclic) bond motifs is 2. The average molecular weight is 533 g/mol. The minimum absolute atomic E-state index is 0.00701. The lowest BCUT2D eigenvalue weighted by Crippen LogP contribution is -2.08. The Bertz CT molecular complexity index is 1190. The van der Waals surface area contributed by atoms with Gasteiger partial charge in [-0.2, -0.15) is 16.8 Å². The summed E-state index contributed by atoms with van der Waals surface area (Å²) in [5, 5.41) is 0. The highest BCUT2D eigenvalue weighted by Gasteiger charge is 2.23. The maximum absolute atomic E-state index is 11.5. The van der Waals surface area contributed by atoms with Gasteiger partial charge in [-0.25, -0.2) is 0 Å². The zero-order valence-corrected chi connectivity index (χ0v) is 20.5. The SMILES string of the molecule is CS(=O)(=O)OCCC1=C(CCOS(C)(=O)=O)c2cc(Br)ccc2Sc2ccccc21. The van der Waals surface area contributed by atoms with Crippen molar-refractivity contribution in [2.24, 2.45) is 0 Å². The minimum Gasteiger partial charge on any atom is -0.270 e. The third-order valence-electron chi connectivity index (χ3n) is 4.36. The lowest BCUT2D eigenvalue weighted by Gasteiger charge is -2.16. The second kappa shape index (κ2) is 9.54.